The lowest BCUT2D eigenvalue weighted by Gasteiger charge is -2.25. The van der Waals surface area contributed by atoms with E-state index in [0.717, 1.165) is 6.20 Å². The standard InChI is InChI=1S/C18H23ClF3N5O2S/c1-10(9-30(28,29)18(2,3)16(23)24)12-6-11(4-5-14(12)20)25-7-15-13(19)8-27(26-15)17(21)22/h4-6,8,10,17,25H,7,9H2,1-3H3,(H3,23,24). The lowest BCUT2D eigenvalue weighted by atomic mass is 10.0. The predicted octanol–water partition coefficient (Wildman–Crippen LogP) is 3.92. The average molecular weight is 466 g/mol. The molecule has 0 spiro atoms. The van der Waals surface area contributed by atoms with Gasteiger partial charge in [0.05, 0.1) is 17.3 Å². The van der Waals surface area contributed by atoms with Crippen molar-refractivity contribution in [1.82, 2.24) is 9.78 Å². The van der Waals surface area contributed by atoms with E-state index in [4.69, 9.17) is 22.7 Å². The van der Waals surface area contributed by atoms with Crippen LogP contribution in [0.25, 0.3) is 0 Å². The van der Waals surface area contributed by atoms with Gasteiger partial charge in [0.15, 0.2) is 9.84 Å². The number of anilines is 1. The van der Waals surface area contributed by atoms with Crippen LogP contribution in [0.4, 0.5) is 18.9 Å². The van der Waals surface area contributed by atoms with Crippen molar-refractivity contribution in [2.24, 2.45) is 5.73 Å². The summed E-state index contributed by atoms with van der Waals surface area (Å²) in [5, 5.41) is 14.2. The largest absolute Gasteiger partial charge is 0.386 e. The van der Waals surface area contributed by atoms with Gasteiger partial charge in [-0.25, -0.2) is 17.5 Å². The first kappa shape index (κ1) is 24.0. The summed E-state index contributed by atoms with van der Waals surface area (Å²) in [6.45, 7) is 1.39. The third-order valence-electron chi connectivity index (χ3n) is 4.84. The van der Waals surface area contributed by atoms with Crippen molar-refractivity contribution in [3.05, 3.63) is 46.5 Å². The summed E-state index contributed by atoms with van der Waals surface area (Å²) in [4.78, 5) is 0. The lowest BCUT2D eigenvalue weighted by molar-refractivity contribution is 0.0562. The van der Waals surface area contributed by atoms with Crippen LogP contribution in [0, 0.1) is 11.2 Å². The van der Waals surface area contributed by atoms with Gasteiger partial charge in [0.25, 0.3) is 0 Å². The highest BCUT2D eigenvalue weighted by molar-refractivity contribution is 7.93. The van der Waals surface area contributed by atoms with E-state index < -0.39 is 44.5 Å². The molecule has 1 heterocycles. The molecule has 0 aliphatic carbocycles. The van der Waals surface area contributed by atoms with E-state index >= 15 is 0 Å². The monoisotopic (exact) mass is 465 g/mol. The van der Waals surface area contributed by atoms with Crippen molar-refractivity contribution in [2.75, 3.05) is 11.1 Å². The van der Waals surface area contributed by atoms with Gasteiger partial charge in [-0.05, 0) is 43.5 Å². The van der Waals surface area contributed by atoms with Crippen LogP contribution in [0.15, 0.2) is 24.4 Å². The molecule has 0 amide bonds. The number of sulfone groups is 1. The quantitative estimate of drug-likeness (QED) is 0.383. The Balaban J connectivity index is 2.19. The van der Waals surface area contributed by atoms with Crippen molar-refractivity contribution < 1.29 is 21.6 Å². The van der Waals surface area contributed by atoms with E-state index in [1.165, 1.54) is 32.0 Å². The van der Waals surface area contributed by atoms with Crippen LogP contribution in [-0.4, -0.2) is 34.5 Å². The summed E-state index contributed by atoms with van der Waals surface area (Å²) in [5.41, 5.74) is 6.17. The van der Waals surface area contributed by atoms with Gasteiger partial charge < -0.3 is 11.1 Å². The molecule has 0 radical (unpaired) electrons. The van der Waals surface area contributed by atoms with Crippen LogP contribution in [0.5, 0.6) is 0 Å². The number of hydrogen-bond donors (Lipinski definition) is 3. The van der Waals surface area contributed by atoms with E-state index in [-0.39, 0.29) is 22.8 Å². The summed E-state index contributed by atoms with van der Waals surface area (Å²) in [7, 11) is -3.84. The molecule has 2 rings (SSSR count). The number of halogens is 4. The second kappa shape index (κ2) is 8.84. The fourth-order valence-corrected chi connectivity index (χ4v) is 4.43. The zero-order chi connectivity index (χ0) is 22.9. The van der Waals surface area contributed by atoms with E-state index in [1.54, 1.807) is 6.92 Å². The number of amidine groups is 1. The van der Waals surface area contributed by atoms with Crippen molar-refractivity contribution >= 4 is 33.0 Å². The predicted molar refractivity (Wildman–Crippen MR) is 110 cm³/mol. The van der Waals surface area contributed by atoms with E-state index in [1.807, 2.05) is 0 Å². The Bertz CT molecular complexity index is 1040. The van der Waals surface area contributed by atoms with Crippen LogP contribution in [0.3, 0.4) is 0 Å². The topological polar surface area (TPSA) is 114 Å². The lowest BCUT2D eigenvalue weighted by Crippen LogP contribution is -2.46. The molecule has 7 nitrogen and oxygen atoms in total. The highest BCUT2D eigenvalue weighted by atomic mass is 35.5. The zero-order valence-electron chi connectivity index (χ0n) is 16.6. The molecule has 12 heteroatoms. The molecule has 166 valence electrons. The number of hydrogen-bond acceptors (Lipinski definition) is 5. The Morgan fingerprint density at radius 2 is 2.03 bits per heavy atom. The van der Waals surface area contributed by atoms with Crippen molar-refractivity contribution in [2.45, 2.75) is 44.5 Å². The van der Waals surface area contributed by atoms with Gasteiger partial charge in [0.2, 0.25) is 0 Å². The summed E-state index contributed by atoms with van der Waals surface area (Å²) in [6, 6.07) is 4.04. The Kier molecular flexibility index (Phi) is 7.08. The minimum Gasteiger partial charge on any atom is -0.386 e. The molecular formula is C18H23ClF3N5O2S. The van der Waals surface area contributed by atoms with Crippen molar-refractivity contribution in [1.29, 1.82) is 5.41 Å². The summed E-state index contributed by atoms with van der Waals surface area (Å²) < 4.78 is 63.9. The third-order valence-corrected chi connectivity index (χ3v) is 7.87. The van der Waals surface area contributed by atoms with Gasteiger partial charge in [0.1, 0.15) is 22.1 Å². The average Bonchev–Trinajstić information content (AvgIpc) is 3.01. The maximum atomic E-state index is 14.4. The molecule has 0 fully saturated rings. The van der Waals surface area contributed by atoms with Gasteiger partial charge in [-0.15, -0.1) is 0 Å². The molecule has 0 bridgehead atoms. The molecule has 1 atom stereocenters. The highest BCUT2D eigenvalue weighted by Gasteiger charge is 2.38. The number of aromatic nitrogens is 2. The van der Waals surface area contributed by atoms with E-state index in [2.05, 4.69) is 10.4 Å². The number of nitrogens with two attached hydrogens (primary N) is 1. The van der Waals surface area contributed by atoms with Crippen LogP contribution in [0.2, 0.25) is 5.02 Å². The Morgan fingerprint density at radius 1 is 1.40 bits per heavy atom. The highest BCUT2D eigenvalue weighted by Crippen LogP contribution is 2.28. The van der Waals surface area contributed by atoms with Gasteiger partial charge in [-0.3, -0.25) is 5.41 Å². The molecule has 4 N–H and O–H groups in total. The van der Waals surface area contributed by atoms with Crippen LogP contribution < -0.4 is 11.1 Å². The Labute approximate surface area is 177 Å². The van der Waals surface area contributed by atoms with Crippen molar-refractivity contribution in [3.63, 3.8) is 0 Å². The molecule has 1 aromatic carbocycles. The second-order valence-corrected chi connectivity index (χ2v) is 10.4. The first-order valence-corrected chi connectivity index (χ1v) is 10.9. The molecule has 0 saturated carbocycles. The van der Waals surface area contributed by atoms with Gasteiger partial charge >= 0.3 is 6.55 Å². The van der Waals surface area contributed by atoms with Gasteiger partial charge in [0, 0.05) is 11.9 Å². The first-order valence-electron chi connectivity index (χ1n) is 8.88. The maximum Gasteiger partial charge on any atom is 0.333 e. The summed E-state index contributed by atoms with van der Waals surface area (Å²) in [5.74, 6) is -2.23. The fraction of sp³-hybridized carbons (Fsp3) is 0.444. The maximum absolute atomic E-state index is 14.4. The molecular weight excluding hydrogens is 443 g/mol. The van der Waals surface area contributed by atoms with Gasteiger partial charge in [-0.2, -0.15) is 13.9 Å². The number of nitrogens with zero attached hydrogens (tertiary/aromatic N) is 2. The molecule has 1 aromatic heterocycles. The molecule has 0 aliphatic heterocycles. The number of benzene rings is 1. The summed E-state index contributed by atoms with van der Waals surface area (Å²) >= 11 is 5.89. The SMILES string of the molecule is CC(CS(=O)(=O)C(C)(C)C(=N)N)c1cc(NCc2nn(C(F)F)cc2Cl)ccc1F. The molecule has 2 aromatic rings. The van der Waals surface area contributed by atoms with E-state index in [0.29, 0.717) is 10.4 Å². The normalized spacial score (nSPS) is 13.5. The minimum absolute atomic E-state index is 0.00761. The number of rotatable bonds is 9. The Hall–Kier alpha value is -2.27. The fourth-order valence-electron chi connectivity index (χ4n) is 2.64. The molecule has 1 unspecified atom stereocenters. The second-order valence-electron chi connectivity index (χ2n) is 7.38. The molecule has 0 saturated heterocycles. The van der Waals surface area contributed by atoms with Crippen molar-refractivity contribution in [3.8, 4) is 0 Å². The van der Waals surface area contributed by atoms with Crippen LogP contribution in [0.1, 0.15) is 44.5 Å². The first-order chi connectivity index (χ1) is 13.8. The van der Waals surface area contributed by atoms with E-state index in [9.17, 15) is 21.6 Å². The zero-order valence-corrected chi connectivity index (χ0v) is 18.2. The number of nitrogens with one attached hydrogen (secondary N) is 2. The van der Waals surface area contributed by atoms with Gasteiger partial charge in [-0.1, -0.05) is 18.5 Å². The smallest absolute Gasteiger partial charge is 0.333 e. The molecule has 30 heavy (non-hydrogen) atoms. The molecule has 0 aliphatic rings. The van der Waals surface area contributed by atoms with Crippen LogP contribution >= 0.6 is 11.6 Å². The minimum atomic E-state index is -3.84. The van der Waals surface area contributed by atoms with Crippen LogP contribution in [-0.2, 0) is 16.4 Å². The number of alkyl halides is 2. The summed E-state index contributed by atoms with van der Waals surface area (Å²) in [6.07, 6.45) is 1.00. The third kappa shape index (κ3) is 5.07. The Morgan fingerprint density at radius 3 is 2.57 bits per heavy atom.